The Morgan fingerprint density at radius 2 is 2.00 bits per heavy atom. The van der Waals surface area contributed by atoms with Gasteiger partial charge in [-0.05, 0) is 19.3 Å². The molecule has 72 valence electrons. The Balaban J connectivity index is 2.51. The molecule has 0 spiro atoms. The molecule has 0 heterocycles. The van der Waals surface area contributed by atoms with E-state index in [0.717, 1.165) is 12.7 Å². The molecule has 0 aromatic carbocycles. The van der Waals surface area contributed by atoms with Gasteiger partial charge in [0.1, 0.15) is 0 Å². The van der Waals surface area contributed by atoms with E-state index in [1.165, 1.54) is 11.4 Å². The van der Waals surface area contributed by atoms with Crippen molar-refractivity contribution in [3.8, 4) is 0 Å². The highest BCUT2D eigenvalue weighted by Gasteiger charge is 2.36. The summed E-state index contributed by atoms with van der Waals surface area (Å²) in [7, 11) is -1.65. The van der Waals surface area contributed by atoms with E-state index in [9.17, 15) is 13.5 Å². The number of likely N-dealkylation sites (N-methyl/N-ethyl adjacent to an activating group) is 1. The minimum absolute atomic E-state index is 0.228. The fourth-order valence-corrected chi connectivity index (χ4v) is 1.75. The first kappa shape index (κ1) is 9.95. The second-order valence-corrected chi connectivity index (χ2v) is 5.69. The van der Waals surface area contributed by atoms with Crippen molar-refractivity contribution < 1.29 is 13.5 Å². The van der Waals surface area contributed by atoms with Crippen LogP contribution >= 0.6 is 0 Å². The molecule has 0 aromatic rings. The van der Waals surface area contributed by atoms with Crippen LogP contribution in [0.4, 0.5) is 0 Å². The highest BCUT2D eigenvalue weighted by Crippen LogP contribution is 2.32. The smallest absolute Gasteiger partial charge is 0.211 e. The van der Waals surface area contributed by atoms with Crippen LogP contribution in [0, 0.1) is 0 Å². The van der Waals surface area contributed by atoms with Crippen LogP contribution in [-0.2, 0) is 10.0 Å². The number of rotatable bonds is 3. The van der Waals surface area contributed by atoms with E-state index < -0.39 is 15.6 Å². The van der Waals surface area contributed by atoms with E-state index in [4.69, 9.17) is 0 Å². The topological polar surface area (TPSA) is 57.6 Å². The van der Waals surface area contributed by atoms with E-state index in [0.29, 0.717) is 12.8 Å². The number of aliphatic hydroxyl groups is 1. The summed E-state index contributed by atoms with van der Waals surface area (Å²) in [5.41, 5.74) is -0.752. The fourth-order valence-electron chi connectivity index (χ4n) is 1.27. The van der Waals surface area contributed by atoms with Crippen molar-refractivity contribution in [1.82, 2.24) is 4.31 Å². The summed E-state index contributed by atoms with van der Waals surface area (Å²) in [6.07, 6.45) is 3.57. The average Bonchev–Trinajstić information content (AvgIpc) is 1.82. The van der Waals surface area contributed by atoms with E-state index in [2.05, 4.69) is 0 Å². The molecule has 0 bridgehead atoms. The van der Waals surface area contributed by atoms with Crippen molar-refractivity contribution in [1.29, 1.82) is 0 Å². The summed E-state index contributed by atoms with van der Waals surface area (Å²) in [6.45, 7) is 0.228. The van der Waals surface area contributed by atoms with Crippen LogP contribution in [-0.4, -0.2) is 43.3 Å². The van der Waals surface area contributed by atoms with Crippen LogP contribution < -0.4 is 0 Å². The predicted octanol–water partition coefficient (Wildman–Crippen LogP) is -0.207. The third-order valence-electron chi connectivity index (χ3n) is 2.37. The maximum Gasteiger partial charge on any atom is 0.211 e. The number of hydrogen-bond donors (Lipinski definition) is 1. The van der Waals surface area contributed by atoms with Crippen LogP contribution in [0.15, 0.2) is 0 Å². The summed E-state index contributed by atoms with van der Waals surface area (Å²) in [5.74, 6) is 0. The quantitative estimate of drug-likeness (QED) is 0.675. The Morgan fingerprint density at radius 1 is 1.50 bits per heavy atom. The molecule has 0 aromatic heterocycles. The Hall–Kier alpha value is -0.130. The number of sulfonamides is 1. The first-order chi connectivity index (χ1) is 5.33. The molecule has 1 aliphatic carbocycles. The van der Waals surface area contributed by atoms with Crippen molar-refractivity contribution >= 4 is 10.0 Å². The minimum atomic E-state index is -3.14. The van der Waals surface area contributed by atoms with Gasteiger partial charge in [-0.25, -0.2) is 12.7 Å². The van der Waals surface area contributed by atoms with Crippen molar-refractivity contribution in [3.63, 3.8) is 0 Å². The van der Waals surface area contributed by atoms with E-state index in [1.54, 1.807) is 0 Å². The summed E-state index contributed by atoms with van der Waals surface area (Å²) in [5, 5.41) is 9.64. The zero-order chi connectivity index (χ0) is 9.41. The van der Waals surface area contributed by atoms with Gasteiger partial charge in [0, 0.05) is 13.6 Å². The van der Waals surface area contributed by atoms with Crippen LogP contribution in [0.5, 0.6) is 0 Å². The molecule has 1 saturated carbocycles. The van der Waals surface area contributed by atoms with Crippen LogP contribution in [0.3, 0.4) is 0 Å². The van der Waals surface area contributed by atoms with Crippen LogP contribution in [0.2, 0.25) is 0 Å². The standard InChI is InChI=1S/C7H15NO3S/c1-8(12(2,10)11)6-7(9)4-3-5-7/h9H,3-6H2,1-2H3. The molecule has 0 unspecified atom stereocenters. The van der Waals surface area contributed by atoms with Gasteiger partial charge in [0.2, 0.25) is 10.0 Å². The maximum atomic E-state index is 11.0. The molecule has 0 radical (unpaired) electrons. The molecule has 1 rings (SSSR count). The molecule has 4 nitrogen and oxygen atoms in total. The van der Waals surface area contributed by atoms with E-state index in [1.807, 2.05) is 0 Å². The second kappa shape index (κ2) is 2.97. The van der Waals surface area contributed by atoms with Crippen molar-refractivity contribution in [2.75, 3.05) is 19.8 Å². The molecular weight excluding hydrogens is 178 g/mol. The summed E-state index contributed by atoms with van der Waals surface area (Å²) >= 11 is 0. The van der Waals surface area contributed by atoms with Gasteiger partial charge in [-0.2, -0.15) is 0 Å². The van der Waals surface area contributed by atoms with Crippen LogP contribution in [0.25, 0.3) is 0 Å². The van der Waals surface area contributed by atoms with Gasteiger partial charge in [-0.1, -0.05) is 0 Å². The minimum Gasteiger partial charge on any atom is -0.389 e. The molecule has 1 N–H and O–H groups in total. The van der Waals surface area contributed by atoms with Gasteiger partial charge in [-0.3, -0.25) is 0 Å². The first-order valence-electron chi connectivity index (χ1n) is 3.97. The predicted molar refractivity (Wildman–Crippen MR) is 46.3 cm³/mol. The van der Waals surface area contributed by atoms with Gasteiger partial charge in [-0.15, -0.1) is 0 Å². The normalized spacial score (nSPS) is 22.3. The van der Waals surface area contributed by atoms with Gasteiger partial charge in [0.15, 0.2) is 0 Å². The van der Waals surface area contributed by atoms with Crippen LogP contribution in [0.1, 0.15) is 19.3 Å². The Morgan fingerprint density at radius 3 is 2.25 bits per heavy atom. The third-order valence-corrected chi connectivity index (χ3v) is 3.63. The molecule has 0 atom stereocenters. The highest BCUT2D eigenvalue weighted by molar-refractivity contribution is 7.88. The number of hydrogen-bond acceptors (Lipinski definition) is 3. The molecule has 0 aliphatic heterocycles. The maximum absolute atomic E-state index is 11.0. The number of nitrogens with zero attached hydrogens (tertiary/aromatic N) is 1. The lowest BCUT2D eigenvalue weighted by atomic mass is 9.80. The SMILES string of the molecule is CN(CC1(O)CCC1)S(C)(=O)=O. The zero-order valence-electron chi connectivity index (χ0n) is 7.45. The van der Waals surface area contributed by atoms with Gasteiger partial charge < -0.3 is 5.11 Å². The van der Waals surface area contributed by atoms with Gasteiger partial charge >= 0.3 is 0 Å². The van der Waals surface area contributed by atoms with Crippen molar-refractivity contribution in [2.24, 2.45) is 0 Å². The molecule has 0 amide bonds. The lowest BCUT2D eigenvalue weighted by molar-refractivity contribution is -0.0423. The lowest BCUT2D eigenvalue weighted by Gasteiger charge is -2.38. The van der Waals surface area contributed by atoms with Crippen molar-refractivity contribution in [3.05, 3.63) is 0 Å². The Kier molecular flexibility index (Phi) is 2.47. The highest BCUT2D eigenvalue weighted by atomic mass is 32.2. The molecule has 5 heteroatoms. The zero-order valence-corrected chi connectivity index (χ0v) is 8.26. The molecule has 0 saturated heterocycles. The Labute approximate surface area is 73.2 Å². The lowest BCUT2D eigenvalue weighted by Crippen LogP contribution is -2.48. The average molecular weight is 193 g/mol. The van der Waals surface area contributed by atoms with Crippen molar-refractivity contribution in [2.45, 2.75) is 24.9 Å². The largest absolute Gasteiger partial charge is 0.389 e. The molecule has 12 heavy (non-hydrogen) atoms. The monoisotopic (exact) mass is 193 g/mol. The summed E-state index contributed by atoms with van der Waals surface area (Å²) in [4.78, 5) is 0. The van der Waals surface area contributed by atoms with Gasteiger partial charge in [0.25, 0.3) is 0 Å². The fraction of sp³-hybridized carbons (Fsp3) is 1.00. The molecule has 1 fully saturated rings. The summed E-state index contributed by atoms with van der Waals surface area (Å²) in [6, 6.07) is 0. The summed E-state index contributed by atoms with van der Waals surface area (Å²) < 4.78 is 23.1. The molecular formula is C7H15NO3S. The van der Waals surface area contributed by atoms with E-state index in [-0.39, 0.29) is 6.54 Å². The molecule has 1 aliphatic rings. The first-order valence-corrected chi connectivity index (χ1v) is 5.82. The van der Waals surface area contributed by atoms with E-state index >= 15 is 0 Å². The van der Waals surface area contributed by atoms with Gasteiger partial charge in [0.05, 0.1) is 11.9 Å². The second-order valence-electron chi connectivity index (χ2n) is 3.60. The third kappa shape index (κ3) is 2.18. The Bertz CT molecular complexity index is 256.